The third-order valence-corrected chi connectivity index (χ3v) is 5.29. The first-order chi connectivity index (χ1) is 15.2. The molecule has 150 valence electrons. The first kappa shape index (κ1) is 17.5. The number of aromatic nitrogens is 7. The average Bonchev–Trinajstić information content (AvgIpc) is 3.53. The Morgan fingerprint density at radius 1 is 0.968 bits per heavy atom. The zero-order valence-electron chi connectivity index (χ0n) is 16.2. The predicted molar refractivity (Wildman–Crippen MR) is 112 cm³/mol. The Labute approximate surface area is 174 Å². The molecule has 0 aliphatic heterocycles. The Kier molecular flexibility index (Phi) is 3.69. The van der Waals surface area contributed by atoms with Crippen LogP contribution in [0.15, 0.2) is 60.1 Å². The van der Waals surface area contributed by atoms with E-state index < -0.39 is 5.82 Å². The van der Waals surface area contributed by atoms with E-state index in [0.29, 0.717) is 39.0 Å². The van der Waals surface area contributed by atoms with Gasteiger partial charge < -0.3 is 9.40 Å². The predicted octanol–water partition coefficient (Wildman–Crippen LogP) is 4.67. The van der Waals surface area contributed by atoms with Gasteiger partial charge in [-0.15, -0.1) is 0 Å². The van der Waals surface area contributed by atoms with Gasteiger partial charge in [0.05, 0.1) is 41.3 Å². The van der Waals surface area contributed by atoms with Gasteiger partial charge in [0.15, 0.2) is 11.6 Å². The van der Waals surface area contributed by atoms with Crippen molar-refractivity contribution in [2.24, 2.45) is 0 Å². The van der Waals surface area contributed by atoms with Crippen molar-refractivity contribution in [2.45, 2.75) is 6.92 Å². The molecule has 0 aliphatic carbocycles. The van der Waals surface area contributed by atoms with Crippen LogP contribution in [-0.2, 0) is 0 Å². The molecule has 6 aromatic rings. The number of aryl methyl sites for hydroxylation is 1. The molecule has 0 bridgehead atoms. The Balaban J connectivity index is 1.57. The van der Waals surface area contributed by atoms with Crippen LogP contribution in [0.5, 0.6) is 0 Å². The molecule has 6 rings (SSSR count). The van der Waals surface area contributed by atoms with Crippen molar-refractivity contribution in [1.82, 2.24) is 35.1 Å². The summed E-state index contributed by atoms with van der Waals surface area (Å²) in [4.78, 5) is 20.6. The summed E-state index contributed by atoms with van der Waals surface area (Å²) in [6.07, 6.45) is 11.4. The number of imidazole rings is 1. The van der Waals surface area contributed by atoms with Crippen LogP contribution < -0.4 is 0 Å². The van der Waals surface area contributed by atoms with Gasteiger partial charge in [0, 0.05) is 35.3 Å². The molecule has 2 N–H and O–H groups in total. The highest BCUT2D eigenvalue weighted by molar-refractivity contribution is 5.97. The number of rotatable bonds is 3. The smallest absolute Gasteiger partial charge is 0.161 e. The van der Waals surface area contributed by atoms with E-state index in [-0.39, 0.29) is 5.69 Å². The van der Waals surface area contributed by atoms with Crippen molar-refractivity contribution in [2.75, 3.05) is 0 Å². The Morgan fingerprint density at radius 3 is 2.71 bits per heavy atom. The van der Waals surface area contributed by atoms with Crippen molar-refractivity contribution in [3.63, 3.8) is 0 Å². The molecule has 0 atom stereocenters. The van der Waals surface area contributed by atoms with Crippen LogP contribution in [0.3, 0.4) is 0 Å². The number of halogens is 1. The summed E-state index contributed by atoms with van der Waals surface area (Å²) < 4.78 is 20.8. The number of H-pyrrole nitrogens is 2. The number of pyridine rings is 3. The van der Waals surface area contributed by atoms with E-state index in [1.807, 2.05) is 19.1 Å². The van der Waals surface area contributed by atoms with Crippen LogP contribution in [0.4, 0.5) is 4.39 Å². The summed E-state index contributed by atoms with van der Waals surface area (Å²) >= 11 is 0. The van der Waals surface area contributed by atoms with Crippen molar-refractivity contribution in [3.8, 4) is 33.9 Å². The molecule has 6 heterocycles. The maximum atomic E-state index is 15.7. The lowest BCUT2D eigenvalue weighted by molar-refractivity contribution is 0.568. The second-order valence-corrected chi connectivity index (χ2v) is 7.15. The molecule has 0 spiro atoms. The normalized spacial score (nSPS) is 11.5. The summed E-state index contributed by atoms with van der Waals surface area (Å²) in [7, 11) is 0. The van der Waals surface area contributed by atoms with Gasteiger partial charge in [-0.1, -0.05) is 0 Å². The van der Waals surface area contributed by atoms with E-state index in [1.165, 1.54) is 0 Å². The number of hydrogen-bond acceptors (Lipinski definition) is 6. The number of nitrogens with one attached hydrogen (secondary N) is 2. The van der Waals surface area contributed by atoms with Crippen molar-refractivity contribution in [3.05, 3.63) is 67.0 Å². The number of furan rings is 1. The van der Waals surface area contributed by atoms with Crippen molar-refractivity contribution >= 4 is 21.9 Å². The number of hydrogen-bond donors (Lipinski definition) is 2. The van der Waals surface area contributed by atoms with Gasteiger partial charge in [0.1, 0.15) is 16.9 Å². The molecule has 8 nitrogen and oxygen atoms in total. The molecule has 6 aromatic heterocycles. The highest BCUT2D eigenvalue weighted by atomic mass is 19.1. The maximum absolute atomic E-state index is 15.7. The Morgan fingerprint density at radius 2 is 1.87 bits per heavy atom. The topological polar surface area (TPSA) is 109 Å². The molecule has 9 heteroatoms. The minimum absolute atomic E-state index is 0.220. The molecule has 0 aliphatic rings. The van der Waals surface area contributed by atoms with Gasteiger partial charge in [-0.25, -0.2) is 9.37 Å². The minimum atomic E-state index is -0.481. The van der Waals surface area contributed by atoms with E-state index in [0.717, 1.165) is 16.7 Å². The lowest BCUT2D eigenvalue weighted by Gasteiger charge is -2.06. The van der Waals surface area contributed by atoms with Gasteiger partial charge in [-0.2, -0.15) is 5.10 Å². The van der Waals surface area contributed by atoms with Crippen LogP contribution in [0.2, 0.25) is 0 Å². The average molecular weight is 411 g/mol. The number of nitrogens with zero attached hydrogens (tertiary/aromatic N) is 5. The molecule has 0 fully saturated rings. The van der Waals surface area contributed by atoms with E-state index >= 15 is 4.39 Å². The molecular formula is C22H14FN7O. The SMILES string of the molecule is Cc1ccncc1-c1ncc2[nH]nc(-c3nc4c(-c5ccoc5)cncc4[nH]3)c2c1F. The van der Waals surface area contributed by atoms with Gasteiger partial charge >= 0.3 is 0 Å². The fourth-order valence-corrected chi connectivity index (χ4v) is 3.72. The minimum Gasteiger partial charge on any atom is -0.472 e. The largest absolute Gasteiger partial charge is 0.472 e. The summed E-state index contributed by atoms with van der Waals surface area (Å²) in [5, 5.41) is 7.48. The molecular weight excluding hydrogens is 397 g/mol. The molecule has 0 radical (unpaired) electrons. The van der Waals surface area contributed by atoms with Crippen molar-refractivity contribution < 1.29 is 8.81 Å². The molecule has 0 saturated carbocycles. The maximum Gasteiger partial charge on any atom is 0.161 e. The molecule has 0 saturated heterocycles. The first-order valence-electron chi connectivity index (χ1n) is 9.51. The Hall–Kier alpha value is -4.40. The molecule has 31 heavy (non-hydrogen) atoms. The second kappa shape index (κ2) is 6.56. The quantitative estimate of drug-likeness (QED) is 0.438. The zero-order chi connectivity index (χ0) is 20.9. The van der Waals surface area contributed by atoms with Crippen molar-refractivity contribution in [1.29, 1.82) is 0 Å². The zero-order valence-corrected chi connectivity index (χ0v) is 16.2. The van der Waals surface area contributed by atoms with Gasteiger partial charge in [0.2, 0.25) is 0 Å². The van der Waals surface area contributed by atoms with E-state index in [4.69, 9.17) is 9.40 Å². The molecule has 0 aromatic carbocycles. The van der Waals surface area contributed by atoms with Gasteiger partial charge in [-0.3, -0.25) is 20.1 Å². The fraction of sp³-hybridized carbons (Fsp3) is 0.0455. The van der Waals surface area contributed by atoms with E-state index in [2.05, 4.69) is 30.1 Å². The standard InChI is InChI=1S/C22H14FN7O/c1-11-2-4-24-6-13(11)20-18(23)17-15(9-26-20)29-30-21(17)22-27-16-8-25-7-14(19(16)28-22)12-3-5-31-10-12/h2-10H,1H3,(H,27,28)(H,29,30). The number of aromatic amines is 2. The number of fused-ring (bicyclic) bond motifs is 2. The van der Waals surface area contributed by atoms with Gasteiger partial charge in [-0.05, 0) is 24.6 Å². The van der Waals surface area contributed by atoms with E-state index in [1.54, 1.807) is 43.5 Å². The summed E-state index contributed by atoms with van der Waals surface area (Å²) in [5.41, 5.74) is 5.64. The Bertz CT molecular complexity index is 1570. The van der Waals surface area contributed by atoms with Crippen LogP contribution in [0.25, 0.3) is 55.8 Å². The lowest BCUT2D eigenvalue weighted by atomic mass is 10.1. The summed E-state index contributed by atoms with van der Waals surface area (Å²) in [5.74, 6) is -0.0519. The van der Waals surface area contributed by atoms with Crippen LogP contribution in [-0.4, -0.2) is 35.1 Å². The monoisotopic (exact) mass is 411 g/mol. The molecule has 0 amide bonds. The molecule has 0 unspecified atom stereocenters. The van der Waals surface area contributed by atoms with Crippen LogP contribution in [0.1, 0.15) is 5.56 Å². The van der Waals surface area contributed by atoms with E-state index in [9.17, 15) is 0 Å². The third kappa shape index (κ3) is 2.63. The van der Waals surface area contributed by atoms with Gasteiger partial charge in [0.25, 0.3) is 0 Å². The first-order valence-corrected chi connectivity index (χ1v) is 9.51. The third-order valence-electron chi connectivity index (χ3n) is 5.29. The van der Waals surface area contributed by atoms with Crippen LogP contribution in [0, 0.1) is 12.7 Å². The van der Waals surface area contributed by atoms with Crippen LogP contribution >= 0.6 is 0 Å². The highest BCUT2D eigenvalue weighted by Crippen LogP contribution is 2.34. The summed E-state index contributed by atoms with van der Waals surface area (Å²) in [6, 6.07) is 3.66. The summed E-state index contributed by atoms with van der Waals surface area (Å²) in [6.45, 7) is 1.89. The second-order valence-electron chi connectivity index (χ2n) is 7.15. The fourth-order valence-electron chi connectivity index (χ4n) is 3.72. The highest BCUT2D eigenvalue weighted by Gasteiger charge is 2.21. The lowest BCUT2D eigenvalue weighted by Crippen LogP contribution is -1.94.